The molecule has 0 spiro atoms. The van der Waals surface area contributed by atoms with E-state index in [0.717, 1.165) is 21.8 Å². The van der Waals surface area contributed by atoms with Gasteiger partial charge in [0.2, 0.25) is 0 Å². The molecular weight excluding hydrogens is 308 g/mol. The molecule has 2 heterocycles. The summed E-state index contributed by atoms with van der Waals surface area (Å²) in [5, 5.41) is 0.718. The van der Waals surface area contributed by atoms with Crippen LogP contribution in [0.25, 0.3) is 10.7 Å². The van der Waals surface area contributed by atoms with Crippen LogP contribution in [-0.2, 0) is 0 Å². The first-order valence-electron chi connectivity index (χ1n) is 7.23. The Morgan fingerprint density at radius 1 is 1.09 bits per heavy atom. The summed E-state index contributed by atoms with van der Waals surface area (Å²) < 4.78 is 5.48. The highest BCUT2D eigenvalue weighted by atomic mass is 32.1. The van der Waals surface area contributed by atoms with Crippen LogP contribution in [-0.4, -0.2) is 15.9 Å². The van der Waals surface area contributed by atoms with Crippen molar-refractivity contribution in [3.63, 3.8) is 0 Å². The largest absolute Gasteiger partial charge is 0.422 e. The van der Waals surface area contributed by atoms with Gasteiger partial charge in [-0.2, -0.15) is 0 Å². The molecular formula is C18H16N2O2S. The van der Waals surface area contributed by atoms with Crippen LogP contribution in [0.3, 0.4) is 0 Å². The van der Waals surface area contributed by atoms with E-state index < -0.39 is 0 Å². The van der Waals surface area contributed by atoms with E-state index in [1.54, 1.807) is 19.2 Å². The molecule has 0 aliphatic carbocycles. The number of aromatic nitrogens is 2. The molecule has 0 N–H and O–H groups in total. The van der Waals surface area contributed by atoms with Crippen LogP contribution in [0.5, 0.6) is 5.75 Å². The lowest BCUT2D eigenvalue weighted by molar-refractivity contribution is 0.0739. The van der Waals surface area contributed by atoms with Crippen molar-refractivity contribution in [2.75, 3.05) is 0 Å². The summed E-state index contributed by atoms with van der Waals surface area (Å²) in [5.41, 5.74) is 3.66. The number of aryl methyl sites for hydroxylation is 3. The minimum Gasteiger partial charge on any atom is -0.422 e. The third-order valence-corrected chi connectivity index (χ3v) is 4.71. The Morgan fingerprint density at radius 2 is 1.91 bits per heavy atom. The number of rotatable bonds is 3. The summed E-state index contributed by atoms with van der Waals surface area (Å²) in [7, 11) is 0. The molecule has 2 aromatic heterocycles. The highest BCUT2D eigenvalue weighted by Crippen LogP contribution is 2.27. The van der Waals surface area contributed by atoms with Gasteiger partial charge in [0.25, 0.3) is 0 Å². The first-order chi connectivity index (χ1) is 11.0. The number of hydrogen-bond donors (Lipinski definition) is 0. The Kier molecular flexibility index (Phi) is 4.21. The third-order valence-electron chi connectivity index (χ3n) is 3.55. The number of nitrogens with zero attached hydrogens (tertiary/aromatic N) is 2. The van der Waals surface area contributed by atoms with Gasteiger partial charge in [-0.05, 0) is 56.2 Å². The van der Waals surface area contributed by atoms with Crippen molar-refractivity contribution in [1.29, 1.82) is 0 Å². The van der Waals surface area contributed by atoms with Gasteiger partial charge in [0.15, 0.2) is 0 Å². The minimum absolute atomic E-state index is 0.384. The molecule has 4 nitrogen and oxygen atoms in total. The van der Waals surface area contributed by atoms with Crippen LogP contribution in [0, 0.1) is 20.8 Å². The monoisotopic (exact) mass is 324 g/mol. The number of thiazole rings is 1. The van der Waals surface area contributed by atoms with Gasteiger partial charge in [-0.25, -0.2) is 9.78 Å². The molecule has 23 heavy (non-hydrogen) atoms. The molecule has 0 bridgehead atoms. The fourth-order valence-electron chi connectivity index (χ4n) is 2.12. The zero-order valence-corrected chi connectivity index (χ0v) is 14.0. The van der Waals surface area contributed by atoms with Gasteiger partial charge in [0.05, 0.1) is 11.4 Å². The average Bonchev–Trinajstić information content (AvgIpc) is 2.94. The first-order valence-corrected chi connectivity index (χ1v) is 8.04. The first kappa shape index (κ1) is 15.4. The Balaban J connectivity index is 1.85. The molecule has 0 amide bonds. The quantitative estimate of drug-likeness (QED) is 0.531. The van der Waals surface area contributed by atoms with E-state index in [9.17, 15) is 4.79 Å². The van der Waals surface area contributed by atoms with E-state index in [2.05, 4.69) is 9.97 Å². The van der Waals surface area contributed by atoms with Gasteiger partial charge in [0.1, 0.15) is 15.6 Å². The van der Waals surface area contributed by atoms with Crippen molar-refractivity contribution in [2.24, 2.45) is 0 Å². The van der Waals surface area contributed by atoms with Crippen LogP contribution in [0.4, 0.5) is 0 Å². The Morgan fingerprint density at radius 3 is 2.61 bits per heavy atom. The molecule has 5 heteroatoms. The normalized spacial score (nSPS) is 10.6. The van der Waals surface area contributed by atoms with Gasteiger partial charge < -0.3 is 4.74 Å². The van der Waals surface area contributed by atoms with Gasteiger partial charge in [-0.15, -0.1) is 11.3 Å². The van der Waals surface area contributed by atoms with E-state index in [-0.39, 0.29) is 5.97 Å². The number of benzene rings is 1. The molecule has 0 fully saturated rings. The van der Waals surface area contributed by atoms with E-state index in [0.29, 0.717) is 16.3 Å². The topological polar surface area (TPSA) is 52.1 Å². The van der Waals surface area contributed by atoms with E-state index >= 15 is 0 Å². The summed E-state index contributed by atoms with van der Waals surface area (Å²) >= 11 is 1.30. The van der Waals surface area contributed by atoms with Crippen molar-refractivity contribution in [3.05, 3.63) is 64.3 Å². The van der Waals surface area contributed by atoms with E-state index in [1.807, 2.05) is 44.2 Å². The Hall–Kier alpha value is -2.53. The fourth-order valence-corrected chi connectivity index (χ4v) is 3.04. The van der Waals surface area contributed by atoms with Crippen LogP contribution in [0.1, 0.15) is 26.5 Å². The van der Waals surface area contributed by atoms with Crippen molar-refractivity contribution < 1.29 is 9.53 Å². The van der Waals surface area contributed by atoms with Crippen molar-refractivity contribution in [2.45, 2.75) is 20.8 Å². The lowest BCUT2D eigenvalue weighted by atomic mass is 10.1. The number of ether oxygens (including phenoxy) is 1. The average molecular weight is 324 g/mol. The maximum absolute atomic E-state index is 12.4. The number of carbonyl (C=O) groups excluding carboxylic acids is 1. The Bertz CT molecular complexity index is 857. The zero-order chi connectivity index (χ0) is 16.4. The lowest BCUT2D eigenvalue weighted by Gasteiger charge is -2.05. The molecule has 0 atom stereocenters. The number of carbonyl (C=O) groups is 1. The predicted octanol–water partition coefficient (Wildman–Crippen LogP) is 4.35. The summed E-state index contributed by atoms with van der Waals surface area (Å²) in [4.78, 5) is 21.6. The van der Waals surface area contributed by atoms with E-state index in [1.165, 1.54) is 11.3 Å². The molecule has 3 rings (SSSR count). The molecule has 0 saturated heterocycles. The maximum Gasteiger partial charge on any atom is 0.355 e. The standard InChI is InChI=1S/C18H16N2O2S/c1-11-7-8-14(10-12(11)2)22-18(21)16-13(3)20-17(23-16)15-6-4-5-9-19-15/h4-10H,1-3H3. The van der Waals surface area contributed by atoms with Crippen molar-refractivity contribution >= 4 is 17.3 Å². The second kappa shape index (κ2) is 6.30. The van der Waals surface area contributed by atoms with Gasteiger partial charge in [-0.1, -0.05) is 12.1 Å². The van der Waals surface area contributed by atoms with Crippen LogP contribution in [0.2, 0.25) is 0 Å². The summed E-state index contributed by atoms with van der Waals surface area (Å²) in [6.45, 7) is 5.82. The zero-order valence-electron chi connectivity index (χ0n) is 13.2. The van der Waals surface area contributed by atoms with Gasteiger partial charge >= 0.3 is 5.97 Å². The number of esters is 1. The third kappa shape index (κ3) is 3.29. The van der Waals surface area contributed by atoms with Crippen LogP contribution >= 0.6 is 11.3 Å². The minimum atomic E-state index is -0.384. The van der Waals surface area contributed by atoms with E-state index in [4.69, 9.17) is 4.74 Å². The molecule has 0 saturated carbocycles. The summed E-state index contributed by atoms with van der Waals surface area (Å²) in [5.74, 6) is 0.163. The second-order valence-electron chi connectivity index (χ2n) is 5.28. The van der Waals surface area contributed by atoms with Gasteiger partial charge in [0, 0.05) is 6.20 Å². The lowest BCUT2D eigenvalue weighted by Crippen LogP contribution is -2.08. The maximum atomic E-state index is 12.4. The molecule has 3 aromatic rings. The Labute approximate surface area is 138 Å². The molecule has 116 valence electrons. The number of hydrogen-bond acceptors (Lipinski definition) is 5. The highest BCUT2D eigenvalue weighted by molar-refractivity contribution is 7.17. The summed E-state index contributed by atoms with van der Waals surface area (Å²) in [6, 6.07) is 11.2. The predicted molar refractivity (Wildman–Crippen MR) is 91.0 cm³/mol. The fraction of sp³-hybridized carbons (Fsp3) is 0.167. The molecule has 0 aliphatic heterocycles. The summed E-state index contributed by atoms with van der Waals surface area (Å²) in [6.07, 6.45) is 1.71. The molecule has 0 radical (unpaired) electrons. The van der Waals surface area contributed by atoms with Gasteiger partial charge in [-0.3, -0.25) is 4.98 Å². The van der Waals surface area contributed by atoms with Crippen LogP contribution in [0.15, 0.2) is 42.6 Å². The highest BCUT2D eigenvalue weighted by Gasteiger charge is 2.18. The second-order valence-corrected chi connectivity index (χ2v) is 6.28. The number of pyridine rings is 1. The molecule has 1 aromatic carbocycles. The SMILES string of the molecule is Cc1ccc(OC(=O)c2sc(-c3ccccn3)nc2C)cc1C. The molecule has 0 aliphatic rings. The smallest absolute Gasteiger partial charge is 0.355 e. The van der Waals surface area contributed by atoms with Crippen molar-refractivity contribution in [3.8, 4) is 16.5 Å². The van der Waals surface area contributed by atoms with Crippen LogP contribution < -0.4 is 4.74 Å². The van der Waals surface area contributed by atoms with Crippen molar-refractivity contribution in [1.82, 2.24) is 9.97 Å². The molecule has 0 unspecified atom stereocenters.